The Morgan fingerprint density at radius 3 is 2.58 bits per heavy atom. The number of hydrogen-bond donors (Lipinski definition) is 1. The van der Waals surface area contributed by atoms with Gasteiger partial charge in [0, 0.05) is 54.6 Å². The summed E-state index contributed by atoms with van der Waals surface area (Å²) in [6.45, 7) is 1.27. The van der Waals surface area contributed by atoms with Crippen LogP contribution in [0.15, 0.2) is 35.4 Å². The molecule has 0 bridgehead atoms. The molecule has 0 spiro atoms. The van der Waals surface area contributed by atoms with Crippen molar-refractivity contribution in [1.82, 2.24) is 14.2 Å². The van der Waals surface area contributed by atoms with Gasteiger partial charge in [-0.3, -0.25) is 0 Å². The fourth-order valence-corrected chi connectivity index (χ4v) is 3.47. The number of fused-ring (bicyclic) bond motifs is 1. The summed E-state index contributed by atoms with van der Waals surface area (Å²) >= 11 is 1.66. The summed E-state index contributed by atoms with van der Waals surface area (Å²) in [6.07, 6.45) is 2.16. The van der Waals surface area contributed by atoms with E-state index < -0.39 is 6.61 Å². The second-order valence-corrected chi connectivity index (χ2v) is 6.71. The standard InChI is InChI=1S/C15H17F2N3OS.C2H5NO/c1-19-7-9-20(10-8-19)22-13-4-2-3-12-11(13)5-6-18-14(12)21-15(16)17;3-1-2-4/h2-6,15H,7-10H2,1H3;2H,1,3H2. The highest BCUT2D eigenvalue weighted by Gasteiger charge is 2.17. The number of halogens is 2. The van der Waals surface area contributed by atoms with Crippen LogP contribution in [0.3, 0.4) is 0 Å². The number of pyridine rings is 1. The average molecular weight is 384 g/mol. The van der Waals surface area contributed by atoms with Gasteiger partial charge in [0.15, 0.2) is 0 Å². The van der Waals surface area contributed by atoms with Crippen molar-refractivity contribution in [3.63, 3.8) is 0 Å². The molecule has 1 fully saturated rings. The van der Waals surface area contributed by atoms with Gasteiger partial charge in [-0.25, -0.2) is 9.29 Å². The number of carbonyl (C=O) groups excluding carboxylic acids is 1. The lowest BCUT2D eigenvalue weighted by Gasteiger charge is -2.31. The van der Waals surface area contributed by atoms with Crippen LogP contribution in [-0.4, -0.2) is 66.9 Å². The Balaban J connectivity index is 0.000000552. The zero-order valence-corrected chi connectivity index (χ0v) is 15.3. The average Bonchev–Trinajstić information content (AvgIpc) is 2.64. The van der Waals surface area contributed by atoms with Gasteiger partial charge in [0.25, 0.3) is 0 Å². The monoisotopic (exact) mass is 384 g/mol. The van der Waals surface area contributed by atoms with Gasteiger partial charge in [0.1, 0.15) is 6.29 Å². The molecule has 2 heterocycles. The number of alkyl halides is 2. The topological polar surface area (TPSA) is 71.7 Å². The zero-order chi connectivity index (χ0) is 18.9. The molecule has 142 valence electrons. The van der Waals surface area contributed by atoms with E-state index in [1.165, 1.54) is 6.20 Å². The number of aldehydes is 1. The minimum atomic E-state index is -2.87. The second kappa shape index (κ2) is 10.4. The minimum Gasteiger partial charge on any atom is -0.416 e. The largest absolute Gasteiger partial charge is 0.416 e. The van der Waals surface area contributed by atoms with E-state index in [0.29, 0.717) is 11.7 Å². The fraction of sp³-hybridized carbons (Fsp3) is 0.412. The van der Waals surface area contributed by atoms with Crippen molar-refractivity contribution in [2.24, 2.45) is 5.73 Å². The van der Waals surface area contributed by atoms with Gasteiger partial charge < -0.3 is 20.2 Å². The van der Waals surface area contributed by atoms with Gasteiger partial charge in [-0.05, 0) is 37.2 Å². The molecule has 1 aromatic carbocycles. The van der Waals surface area contributed by atoms with Crippen molar-refractivity contribution in [1.29, 1.82) is 0 Å². The first kappa shape index (κ1) is 20.5. The van der Waals surface area contributed by atoms with Crippen LogP contribution >= 0.6 is 11.9 Å². The third kappa shape index (κ3) is 5.87. The summed E-state index contributed by atoms with van der Waals surface area (Å²) in [5, 5.41) is 1.50. The lowest BCUT2D eigenvalue weighted by Crippen LogP contribution is -2.40. The van der Waals surface area contributed by atoms with E-state index in [9.17, 15) is 8.78 Å². The normalized spacial score (nSPS) is 15.6. The predicted molar refractivity (Wildman–Crippen MR) is 98.4 cm³/mol. The van der Waals surface area contributed by atoms with Crippen molar-refractivity contribution in [3.8, 4) is 5.88 Å². The second-order valence-electron chi connectivity index (χ2n) is 5.57. The van der Waals surface area contributed by atoms with E-state index in [0.717, 1.165) is 36.5 Å². The molecule has 0 amide bonds. The molecule has 26 heavy (non-hydrogen) atoms. The Hall–Kier alpha value is -1.81. The van der Waals surface area contributed by atoms with E-state index in [4.69, 9.17) is 4.79 Å². The molecule has 1 saturated heterocycles. The highest BCUT2D eigenvalue weighted by atomic mass is 32.2. The van der Waals surface area contributed by atoms with Crippen LogP contribution in [0.2, 0.25) is 0 Å². The molecule has 6 nitrogen and oxygen atoms in total. The molecule has 2 N–H and O–H groups in total. The summed E-state index contributed by atoms with van der Waals surface area (Å²) in [5.74, 6) is -0.0201. The molecular formula is C17H22F2N4O2S. The number of ether oxygens (including phenoxy) is 1. The van der Waals surface area contributed by atoms with Gasteiger partial charge in [-0.2, -0.15) is 8.78 Å². The summed E-state index contributed by atoms with van der Waals surface area (Å²) in [4.78, 5) is 16.3. The molecule has 9 heteroatoms. The van der Waals surface area contributed by atoms with E-state index >= 15 is 0 Å². The Morgan fingerprint density at radius 2 is 1.96 bits per heavy atom. The summed E-state index contributed by atoms with van der Waals surface area (Å²) < 4.78 is 31.8. The molecule has 0 unspecified atom stereocenters. The Kier molecular flexibility index (Phi) is 8.17. The summed E-state index contributed by atoms with van der Waals surface area (Å²) in [5.41, 5.74) is 4.66. The van der Waals surface area contributed by atoms with Crippen LogP contribution in [0.5, 0.6) is 5.88 Å². The number of benzene rings is 1. The number of nitrogens with zero attached hydrogens (tertiary/aromatic N) is 3. The predicted octanol–water partition coefficient (Wildman–Crippen LogP) is 2.23. The van der Waals surface area contributed by atoms with Crippen LogP contribution in [0.25, 0.3) is 10.8 Å². The molecule has 0 aliphatic carbocycles. The van der Waals surface area contributed by atoms with Crippen molar-refractivity contribution in [2.75, 3.05) is 39.8 Å². The van der Waals surface area contributed by atoms with E-state index in [-0.39, 0.29) is 12.4 Å². The third-order valence-corrected chi connectivity index (χ3v) is 4.89. The third-order valence-electron chi connectivity index (χ3n) is 3.72. The molecule has 3 rings (SSSR count). The van der Waals surface area contributed by atoms with Crippen LogP contribution in [0.1, 0.15) is 0 Å². The first-order chi connectivity index (χ1) is 12.5. The molecule has 1 aromatic heterocycles. The van der Waals surface area contributed by atoms with Crippen LogP contribution < -0.4 is 10.5 Å². The first-order valence-electron chi connectivity index (χ1n) is 8.13. The Bertz CT molecular complexity index is 712. The molecule has 0 saturated carbocycles. The highest BCUT2D eigenvalue weighted by molar-refractivity contribution is 7.97. The van der Waals surface area contributed by atoms with Gasteiger partial charge in [0.05, 0.1) is 0 Å². The van der Waals surface area contributed by atoms with Crippen molar-refractivity contribution < 1.29 is 18.3 Å². The van der Waals surface area contributed by atoms with Crippen LogP contribution in [-0.2, 0) is 4.79 Å². The Labute approximate surface area is 155 Å². The van der Waals surface area contributed by atoms with E-state index in [1.807, 2.05) is 18.2 Å². The summed E-state index contributed by atoms with van der Waals surface area (Å²) in [6, 6.07) is 7.44. The molecule has 2 aromatic rings. The number of aromatic nitrogens is 1. The van der Waals surface area contributed by atoms with Gasteiger partial charge in [-0.15, -0.1) is 0 Å². The molecule has 1 aliphatic rings. The van der Waals surface area contributed by atoms with Gasteiger partial charge in [0.2, 0.25) is 5.88 Å². The maximum Gasteiger partial charge on any atom is 0.388 e. The lowest BCUT2D eigenvalue weighted by atomic mass is 10.2. The molecule has 0 radical (unpaired) electrons. The molecule has 1 aliphatic heterocycles. The first-order valence-corrected chi connectivity index (χ1v) is 8.90. The van der Waals surface area contributed by atoms with E-state index in [1.54, 1.807) is 18.0 Å². The fourth-order valence-electron chi connectivity index (χ4n) is 2.43. The number of likely N-dealkylation sites (N-methyl/N-ethyl adjacent to an activating group) is 1. The lowest BCUT2D eigenvalue weighted by molar-refractivity contribution is -0.106. The summed E-state index contributed by atoms with van der Waals surface area (Å²) in [7, 11) is 2.11. The number of rotatable bonds is 5. The Morgan fingerprint density at radius 1 is 1.27 bits per heavy atom. The minimum absolute atomic E-state index is 0.0201. The number of nitrogens with two attached hydrogens (primary N) is 1. The van der Waals surface area contributed by atoms with Gasteiger partial charge >= 0.3 is 6.61 Å². The van der Waals surface area contributed by atoms with E-state index in [2.05, 4.69) is 31.7 Å². The van der Waals surface area contributed by atoms with Crippen LogP contribution in [0, 0.1) is 0 Å². The smallest absolute Gasteiger partial charge is 0.388 e. The number of carbonyl (C=O) groups is 1. The SMILES string of the molecule is CN1CCN(Sc2cccc3c(OC(F)F)nccc23)CC1.NCC=O. The molecule has 0 atom stereocenters. The number of piperazine rings is 1. The van der Waals surface area contributed by atoms with Gasteiger partial charge in [-0.1, -0.05) is 6.07 Å². The van der Waals surface area contributed by atoms with Crippen LogP contribution in [0.4, 0.5) is 8.78 Å². The molecular weight excluding hydrogens is 362 g/mol. The zero-order valence-electron chi connectivity index (χ0n) is 14.5. The van der Waals surface area contributed by atoms with Crippen molar-refractivity contribution >= 4 is 29.0 Å². The highest BCUT2D eigenvalue weighted by Crippen LogP contribution is 2.34. The number of hydrogen-bond acceptors (Lipinski definition) is 7. The quantitative estimate of drug-likeness (QED) is 0.626. The van der Waals surface area contributed by atoms with Crippen molar-refractivity contribution in [3.05, 3.63) is 30.5 Å². The van der Waals surface area contributed by atoms with Crippen molar-refractivity contribution in [2.45, 2.75) is 11.5 Å². The maximum atomic E-state index is 12.5. The maximum absolute atomic E-state index is 12.5.